The fraction of sp³-hybridized carbons (Fsp3) is 0.214. The molecule has 2 aromatic heterocycles. The highest BCUT2D eigenvalue weighted by atomic mass is 79.9. The van der Waals surface area contributed by atoms with Gasteiger partial charge in [-0.1, -0.05) is 15.9 Å². The number of aromatic nitrogens is 4. The van der Waals surface area contributed by atoms with E-state index in [0.717, 1.165) is 21.3 Å². The Bertz CT molecular complexity index is 873. The van der Waals surface area contributed by atoms with Crippen LogP contribution in [-0.2, 0) is 0 Å². The number of nitrogens with zero attached hydrogens (tertiary/aromatic N) is 3. The topological polar surface area (TPSA) is 75.6 Å². The SMILES string of the molecule is CNc1nc2nn(-c3c(C)cc(Br)cc3C)cc2c(=O)[nH]1. The number of hydrogen-bond acceptors (Lipinski definition) is 4. The Morgan fingerprint density at radius 2 is 1.95 bits per heavy atom. The third-order valence-electron chi connectivity index (χ3n) is 3.31. The van der Waals surface area contributed by atoms with Gasteiger partial charge >= 0.3 is 0 Å². The van der Waals surface area contributed by atoms with Crippen LogP contribution in [0.5, 0.6) is 0 Å². The van der Waals surface area contributed by atoms with Crippen LogP contribution < -0.4 is 10.9 Å². The highest BCUT2D eigenvalue weighted by Crippen LogP contribution is 2.24. The van der Waals surface area contributed by atoms with Crippen LogP contribution >= 0.6 is 15.9 Å². The van der Waals surface area contributed by atoms with E-state index in [1.54, 1.807) is 17.9 Å². The maximum Gasteiger partial charge on any atom is 0.263 e. The Morgan fingerprint density at radius 3 is 2.57 bits per heavy atom. The zero-order valence-corrected chi connectivity index (χ0v) is 13.4. The Morgan fingerprint density at radius 1 is 1.29 bits per heavy atom. The van der Waals surface area contributed by atoms with E-state index in [4.69, 9.17) is 0 Å². The van der Waals surface area contributed by atoms with Crippen LogP contribution in [0.2, 0.25) is 0 Å². The molecule has 7 heteroatoms. The summed E-state index contributed by atoms with van der Waals surface area (Å²) in [5, 5.41) is 7.72. The molecule has 3 aromatic rings. The van der Waals surface area contributed by atoms with Gasteiger partial charge in [-0.25, -0.2) is 4.68 Å². The molecule has 0 aliphatic rings. The van der Waals surface area contributed by atoms with Gasteiger partial charge in [0.05, 0.1) is 5.69 Å². The fourth-order valence-corrected chi connectivity index (χ4v) is 3.10. The van der Waals surface area contributed by atoms with Crippen molar-refractivity contribution in [2.45, 2.75) is 13.8 Å². The smallest absolute Gasteiger partial charge is 0.263 e. The molecular formula is C14H14BrN5O. The van der Waals surface area contributed by atoms with Crippen LogP contribution in [0.1, 0.15) is 11.1 Å². The molecule has 0 saturated heterocycles. The molecular weight excluding hydrogens is 334 g/mol. The van der Waals surface area contributed by atoms with Crippen LogP contribution in [0, 0.1) is 13.8 Å². The molecule has 1 aromatic carbocycles. The maximum atomic E-state index is 12.0. The lowest BCUT2D eigenvalue weighted by Gasteiger charge is -2.10. The van der Waals surface area contributed by atoms with Crippen molar-refractivity contribution in [1.82, 2.24) is 19.7 Å². The number of benzene rings is 1. The van der Waals surface area contributed by atoms with Crippen molar-refractivity contribution in [3.63, 3.8) is 0 Å². The lowest BCUT2D eigenvalue weighted by Crippen LogP contribution is -2.10. The van der Waals surface area contributed by atoms with Gasteiger partial charge in [-0.05, 0) is 37.1 Å². The van der Waals surface area contributed by atoms with Crippen molar-refractivity contribution in [2.75, 3.05) is 12.4 Å². The van der Waals surface area contributed by atoms with Crippen molar-refractivity contribution < 1.29 is 0 Å². The van der Waals surface area contributed by atoms with Crippen LogP contribution in [0.15, 0.2) is 27.6 Å². The Balaban J connectivity index is 2.27. The van der Waals surface area contributed by atoms with Gasteiger partial charge in [0.2, 0.25) is 5.95 Å². The van der Waals surface area contributed by atoms with E-state index in [0.29, 0.717) is 17.0 Å². The standard InChI is InChI=1S/C14H14BrN5O/c1-7-4-9(15)5-8(2)11(7)20-6-10-12(19-20)17-14(16-3)18-13(10)21/h4-6H,1-3H3,(H2,16,17,18,19,21). The molecule has 0 amide bonds. The number of hydrogen-bond donors (Lipinski definition) is 2. The van der Waals surface area contributed by atoms with Gasteiger partial charge in [-0.3, -0.25) is 9.78 Å². The minimum Gasteiger partial charge on any atom is -0.359 e. The maximum absolute atomic E-state index is 12.0. The molecule has 2 N–H and O–H groups in total. The summed E-state index contributed by atoms with van der Waals surface area (Å²) in [4.78, 5) is 19.0. The minimum atomic E-state index is -0.206. The van der Waals surface area contributed by atoms with E-state index in [1.807, 2.05) is 26.0 Å². The van der Waals surface area contributed by atoms with Crippen LogP contribution in [0.4, 0.5) is 5.95 Å². The van der Waals surface area contributed by atoms with Gasteiger partial charge in [-0.15, -0.1) is 5.10 Å². The minimum absolute atomic E-state index is 0.206. The summed E-state index contributed by atoms with van der Waals surface area (Å²) in [7, 11) is 1.70. The van der Waals surface area contributed by atoms with Crippen LogP contribution in [0.3, 0.4) is 0 Å². The van der Waals surface area contributed by atoms with Gasteiger partial charge < -0.3 is 5.32 Å². The quantitative estimate of drug-likeness (QED) is 0.746. The van der Waals surface area contributed by atoms with E-state index in [9.17, 15) is 4.79 Å². The molecule has 6 nitrogen and oxygen atoms in total. The first-order valence-corrected chi connectivity index (χ1v) is 7.23. The van der Waals surface area contributed by atoms with Crippen molar-refractivity contribution in [1.29, 1.82) is 0 Å². The molecule has 0 aliphatic carbocycles. The summed E-state index contributed by atoms with van der Waals surface area (Å²) in [6, 6.07) is 4.04. The molecule has 3 rings (SSSR count). The first-order chi connectivity index (χ1) is 9.99. The lowest BCUT2D eigenvalue weighted by molar-refractivity contribution is 0.872. The van der Waals surface area contributed by atoms with Gasteiger partial charge in [0.1, 0.15) is 5.39 Å². The summed E-state index contributed by atoms with van der Waals surface area (Å²) >= 11 is 3.48. The van der Waals surface area contributed by atoms with Crippen molar-refractivity contribution in [3.05, 3.63) is 44.3 Å². The van der Waals surface area contributed by atoms with Gasteiger partial charge in [0.15, 0.2) is 5.65 Å². The lowest BCUT2D eigenvalue weighted by atomic mass is 10.1. The Hall–Kier alpha value is -2.15. The van der Waals surface area contributed by atoms with E-state index >= 15 is 0 Å². The average Bonchev–Trinajstić information content (AvgIpc) is 2.81. The predicted molar refractivity (Wildman–Crippen MR) is 86.2 cm³/mol. The molecule has 21 heavy (non-hydrogen) atoms. The summed E-state index contributed by atoms with van der Waals surface area (Å²) in [5.74, 6) is 0.405. The molecule has 0 radical (unpaired) electrons. The number of aromatic amines is 1. The molecule has 108 valence electrons. The van der Waals surface area contributed by atoms with Gasteiger partial charge in [0, 0.05) is 17.7 Å². The van der Waals surface area contributed by atoms with E-state index in [-0.39, 0.29) is 5.56 Å². The highest BCUT2D eigenvalue weighted by Gasteiger charge is 2.12. The largest absolute Gasteiger partial charge is 0.359 e. The molecule has 0 aliphatic heterocycles. The molecule has 0 saturated carbocycles. The van der Waals surface area contributed by atoms with Gasteiger partial charge in [-0.2, -0.15) is 4.98 Å². The number of H-pyrrole nitrogens is 1. The van der Waals surface area contributed by atoms with Gasteiger partial charge in [0.25, 0.3) is 5.56 Å². The summed E-state index contributed by atoms with van der Waals surface area (Å²) < 4.78 is 2.73. The number of rotatable bonds is 2. The molecule has 0 atom stereocenters. The molecule has 2 heterocycles. The zero-order chi connectivity index (χ0) is 15.1. The van der Waals surface area contributed by atoms with E-state index < -0.39 is 0 Å². The van der Waals surface area contributed by atoms with Crippen molar-refractivity contribution >= 4 is 32.9 Å². The fourth-order valence-electron chi connectivity index (χ4n) is 2.41. The second kappa shape index (κ2) is 5.00. The van der Waals surface area contributed by atoms with Crippen LogP contribution in [-0.4, -0.2) is 26.8 Å². The second-order valence-electron chi connectivity index (χ2n) is 4.86. The van der Waals surface area contributed by atoms with Crippen molar-refractivity contribution in [2.24, 2.45) is 0 Å². The molecule has 0 fully saturated rings. The third-order valence-corrected chi connectivity index (χ3v) is 3.77. The number of fused-ring (bicyclic) bond motifs is 1. The number of nitrogens with one attached hydrogen (secondary N) is 2. The number of halogens is 1. The monoisotopic (exact) mass is 347 g/mol. The average molecular weight is 348 g/mol. The highest BCUT2D eigenvalue weighted by molar-refractivity contribution is 9.10. The Kier molecular flexibility index (Phi) is 3.29. The van der Waals surface area contributed by atoms with Crippen LogP contribution in [0.25, 0.3) is 16.7 Å². The second-order valence-corrected chi connectivity index (χ2v) is 5.78. The third kappa shape index (κ3) is 2.33. The summed E-state index contributed by atoms with van der Waals surface area (Å²) in [5.41, 5.74) is 3.31. The first-order valence-electron chi connectivity index (χ1n) is 6.44. The molecule has 0 spiro atoms. The van der Waals surface area contributed by atoms with E-state index in [1.165, 1.54) is 0 Å². The summed E-state index contributed by atoms with van der Waals surface area (Å²) in [6.07, 6.45) is 1.71. The number of aryl methyl sites for hydroxylation is 2. The van der Waals surface area contributed by atoms with E-state index in [2.05, 4.69) is 36.3 Å². The molecule has 0 bridgehead atoms. The zero-order valence-electron chi connectivity index (χ0n) is 11.9. The summed E-state index contributed by atoms with van der Waals surface area (Å²) in [6.45, 7) is 4.02. The normalized spacial score (nSPS) is 11.0. The molecule has 0 unspecified atom stereocenters. The number of anilines is 1. The Labute approximate surface area is 129 Å². The van der Waals surface area contributed by atoms with Crippen molar-refractivity contribution in [3.8, 4) is 5.69 Å². The first kappa shape index (κ1) is 13.8. The predicted octanol–water partition coefficient (Wildman–Crippen LogP) is 2.53.